The zero-order chi connectivity index (χ0) is 24.3. The number of hydrogen-bond donors (Lipinski definition) is 1. The second-order valence-electron chi connectivity index (χ2n) is 8.56. The van der Waals surface area contributed by atoms with Gasteiger partial charge < -0.3 is 14.8 Å². The fourth-order valence-corrected chi connectivity index (χ4v) is 5.72. The van der Waals surface area contributed by atoms with Crippen molar-refractivity contribution < 1.29 is 22.7 Å². The number of piperazine rings is 1. The Kier molecular flexibility index (Phi) is 6.72. The van der Waals surface area contributed by atoms with Crippen molar-refractivity contribution in [3.05, 3.63) is 89.5 Å². The summed E-state index contributed by atoms with van der Waals surface area (Å²) < 4.78 is 37.9. The third-order valence-corrected chi connectivity index (χ3v) is 8.11. The van der Waals surface area contributed by atoms with E-state index in [2.05, 4.69) is 10.2 Å². The predicted molar refractivity (Wildman–Crippen MR) is 131 cm³/mol. The molecule has 2 heterocycles. The van der Waals surface area contributed by atoms with Crippen molar-refractivity contribution in [2.24, 2.45) is 0 Å². The first-order valence-electron chi connectivity index (χ1n) is 11.5. The van der Waals surface area contributed by atoms with Gasteiger partial charge in [0.2, 0.25) is 16.8 Å². The van der Waals surface area contributed by atoms with Gasteiger partial charge in [0.15, 0.2) is 11.5 Å². The van der Waals surface area contributed by atoms with E-state index >= 15 is 0 Å². The zero-order valence-corrected chi connectivity index (χ0v) is 20.0. The molecule has 0 atom stereocenters. The maximum Gasteiger partial charge on any atom is 0.251 e. The Morgan fingerprint density at radius 1 is 0.829 bits per heavy atom. The van der Waals surface area contributed by atoms with Gasteiger partial charge in [-0.2, -0.15) is 4.31 Å². The minimum Gasteiger partial charge on any atom is -0.454 e. The van der Waals surface area contributed by atoms with Crippen LogP contribution in [0.25, 0.3) is 0 Å². The van der Waals surface area contributed by atoms with Gasteiger partial charge in [-0.25, -0.2) is 8.42 Å². The van der Waals surface area contributed by atoms with Gasteiger partial charge in [-0.15, -0.1) is 0 Å². The highest BCUT2D eigenvalue weighted by atomic mass is 32.2. The van der Waals surface area contributed by atoms with Gasteiger partial charge in [0.1, 0.15) is 0 Å². The van der Waals surface area contributed by atoms with Crippen LogP contribution in [0.1, 0.15) is 21.5 Å². The summed E-state index contributed by atoms with van der Waals surface area (Å²) in [7, 11) is -3.47. The van der Waals surface area contributed by atoms with E-state index in [4.69, 9.17) is 9.47 Å². The lowest BCUT2D eigenvalue weighted by molar-refractivity contribution is 0.0950. The summed E-state index contributed by atoms with van der Waals surface area (Å²) in [6, 6.07) is 21.7. The van der Waals surface area contributed by atoms with E-state index in [1.807, 2.05) is 42.5 Å². The smallest absolute Gasteiger partial charge is 0.251 e. The van der Waals surface area contributed by atoms with Crippen LogP contribution in [-0.4, -0.2) is 56.5 Å². The van der Waals surface area contributed by atoms with Gasteiger partial charge in [0, 0.05) is 44.8 Å². The molecule has 2 aliphatic heterocycles. The van der Waals surface area contributed by atoms with Gasteiger partial charge >= 0.3 is 0 Å². The quantitative estimate of drug-likeness (QED) is 0.545. The van der Waals surface area contributed by atoms with E-state index < -0.39 is 10.0 Å². The Balaban J connectivity index is 1.15. The standard InChI is InChI=1S/C26H27N3O5S/c30-26(27-17-20-9-10-24-25(16-20)34-19-33-24)22-6-4-5-21(15-22)18-28-11-13-29(14-12-28)35(31,32)23-7-2-1-3-8-23/h1-10,15-16H,11-14,17-19H2,(H,27,30). The molecule has 1 amide bonds. The first kappa shape index (κ1) is 23.3. The molecule has 0 spiro atoms. The lowest BCUT2D eigenvalue weighted by Crippen LogP contribution is -2.48. The van der Waals surface area contributed by atoms with Crippen molar-refractivity contribution in [3.8, 4) is 11.5 Å². The first-order valence-corrected chi connectivity index (χ1v) is 13.0. The van der Waals surface area contributed by atoms with Crippen molar-refractivity contribution in [1.82, 2.24) is 14.5 Å². The van der Waals surface area contributed by atoms with Crippen molar-refractivity contribution in [1.29, 1.82) is 0 Å². The molecular formula is C26H27N3O5S. The van der Waals surface area contributed by atoms with Gasteiger partial charge in [-0.1, -0.05) is 36.4 Å². The number of amides is 1. The Morgan fingerprint density at radius 2 is 1.60 bits per heavy atom. The molecule has 182 valence electrons. The number of hydrogen-bond acceptors (Lipinski definition) is 6. The van der Waals surface area contributed by atoms with Crippen LogP contribution in [0.15, 0.2) is 77.7 Å². The van der Waals surface area contributed by atoms with Crippen molar-refractivity contribution in [2.75, 3.05) is 33.0 Å². The number of nitrogens with one attached hydrogen (secondary N) is 1. The largest absolute Gasteiger partial charge is 0.454 e. The third kappa shape index (κ3) is 5.32. The maximum atomic E-state index is 12.8. The van der Waals surface area contributed by atoms with Gasteiger partial charge in [-0.3, -0.25) is 9.69 Å². The van der Waals surface area contributed by atoms with Gasteiger partial charge in [-0.05, 0) is 47.5 Å². The lowest BCUT2D eigenvalue weighted by Gasteiger charge is -2.34. The van der Waals surface area contributed by atoms with E-state index in [0.29, 0.717) is 61.2 Å². The zero-order valence-electron chi connectivity index (χ0n) is 19.2. The SMILES string of the molecule is O=C(NCc1ccc2c(c1)OCO2)c1cccc(CN2CCN(S(=O)(=O)c3ccccc3)CC2)c1. The Hall–Kier alpha value is -3.40. The van der Waals surface area contributed by atoms with Crippen molar-refractivity contribution in [3.63, 3.8) is 0 Å². The molecule has 1 saturated heterocycles. The number of fused-ring (bicyclic) bond motifs is 1. The molecule has 2 aliphatic rings. The van der Waals surface area contributed by atoms with Crippen LogP contribution in [0.2, 0.25) is 0 Å². The summed E-state index contributed by atoms with van der Waals surface area (Å²) in [5.41, 5.74) is 2.54. The lowest BCUT2D eigenvalue weighted by atomic mass is 10.1. The molecule has 8 nitrogen and oxygen atoms in total. The van der Waals surface area contributed by atoms with E-state index in [0.717, 1.165) is 11.1 Å². The van der Waals surface area contributed by atoms with Gasteiger partial charge in [0.05, 0.1) is 4.90 Å². The fourth-order valence-electron chi connectivity index (χ4n) is 4.27. The molecule has 1 N–H and O–H groups in total. The minimum absolute atomic E-state index is 0.150. The summed E-state index contributed by atoms with van der Waals surface area (Å²) in [5, 5.41) is 2.95. The second-order valence-corrected chi connectivity index (χ2v) is 10.5. The first-order chi connectivity index (χ1) is 17.0. The highest BCUT2D eigenvalue weighted by Crippen LogP contribution is 2.32. The minimum atomic E-state index is -3.47. The average Bonchev–Trinajstić information content (AvgIpc) is 3.36. The van der Waals surface area contributed by atoms with E-state index in [9.17, 15) is 13.2 Å². The molecule has 5 rings (SSSR count). The molecular weight excluding hydrogens is 466 g/mol. The molecule has 0 unspecified atom stereocenters. The second kappa shape index (κ2) is 10.1. The number of nitrogens with zero attached hydrogens (tertiary/aromatic N) is 2. The molecule has 3 aromatic rings. The Morgan fingerprint density at radius 3 is 2.40 bits per heavy atom. The molecule has 9 heteroatoms. The summed E-state index contributed by atoms with van der Waals surface area (Å²) in [6.45, 7) is 3.40. The number of carbonyl (C=O) groups is 1. The van der Waals surface area contributed by atoms with Crippen LogP contribution >= 0.6 is 0 Å². The van der Waals surface area contributed by atoms with E-state index in [-0.39, 0.29) is 12.7 Å². The summed E-state index contributed by atoms with van der Waals surface area (Å²) >= 11 is 0. The van der Waals surface area contributed by atoms with Crippen LogP contribution in [0.5, 0.6) is 11.5 Å². The Labute approximate surface area is 205 Å². The summed E-state index contributed by atoms with van der Waals surface area (Å²) in [4.78, 5) is 15.3. The molecule has 3 aromatic carbocycles. The van der Waals surface area contributed by atoms with Crippen molar-refractivity contribution in [2.45, 2.75) is 18.0 Å². The maximum absolute atomic E-state index is 12.8. The molecule has 0 radical (unpaired) electrons. The molecule has 1 fully saturated rings. The van der Waals surface area contributed by atoms with Crippen LogP contribution in [0.3, 0.4) is 0 Å². The van der Waals surface area contributed by atoms with Crippen LogP contribution in [0.4, 0.5) is 0 Å². The summed E-state index contributed by atoms with van der Waals surface area (Å²) in [5.74, 6) is 1.25. The topological polar surface area (TPSA) is 88.2 Å². The molecule has 0 aromatic heterocycles. The number of sulfonamides is 1. The van der Waals surface area contributed by atoms with E-state index in [1.165, 1.54) is 0 Å². The monoisotopic (exact) mass is 493 g/mol. The number of rotatable bonds is 7. The highest BCUT2D eigenvalue weighted by molar-refractivity contribution is 7.89. The molecule has 0 bridgehead atoms. The Bertz CT molecular complexity index is 1310. The third-order valence-electron chi connectivity index (χ3n) is 6.20. The number of benzene rings is 3. The highest BCUT2D eigenvalue weighted by Gasteiger charge is 2.28. The molecule has 0 aliphatic carbocycles. The van der Waals surface area contributed by atoms with Crippen LogP contribution in [-0.2, 0) is 23.1 Å². The van der Waals surface area contributed by atoms with Crippen LogP contribution < -0.4 is 14.8 Å². The average molecular weight is 494 g/mol. The van der Waals surface area contributed by atoms with Gasteiger partial charge in [0.25, 0.3) is 5.91 Å². The fraction of sp³-hybridized carbons (Fsp3) is 0.269. The summed E-state index contributed by atoms with van der Waals surface area (Å²) in [6.07, 6.45) is 0. The molecule has 0 saturated carbocycles. The van der Waals surface area contributed by atoms with E-state index in [1.54, 1.807) is 34.6 Å². The number of carbonyl (C=O) groups excluding carboxylic acids is 1. The number of ether oxygens (including phenoxy) is 2. The predicted octanol–water partition coefficient (Wildman–Crippen LogP) is 2.85. The molecule has 35 heavy (non-hydrogen) atoms. The van der Waals surface area contributed by atoms with Crippen molar-refractivity contribution >= 4 is 15.9 Å². The normalized spacial score (nSPS) is 16.2. The van der Waals surface area contributed by atoms with Crippen LogP contribution in [0, 0.1) is 0 Å².